The minimum atomic E-state index is -0.500. The third kappa shape index (κ3) is 4.62. The summed E-state index contributed by atoms with van der Waals surface area (Å²) in [6.07, 6.45) is -0.500. The molecule has 4 aromatic rings. The minimum Gasteiger partial charge on any atom is -0.461 e. The highest BCUT2D eigenvalue weighted by molar-refractivity contribution is 5.95. The first kappa shape index (κ1) is 22.3. The molecule has 174 valence electrons. The molecule has 1 aliphatic rings. The maximum Gasteiger partial charge on any atom is 0.407 e. The number of esters is 1. The summed E-state index contributed by atoms with van der Waals surface area (Å²) >= 11 is 0. The van der Waals surface area contributed by atoms with Crippen molar-refractivity contribution in [1.29, 1.82) is 0 Å². The van der Waals surface area contributed by atoms with Gasteiger partial charge >= 0.3 is 12.1 Å². The van der Waals surface area contributed by atoms with E-state index in [9.17, 15) is 9.59 Å². The van der Waals surface area contributed by atoms with Gasteiger partial charge in [0.25, 0.3) is 0 Å². The van der Waals surface area contributed by atoms with Gasteiger partial charge in [-0.25, -0.2) is 9.59 Å². The fourth-order valence-corrected chi connectivity index (χ4v) is 4.44. The lowest BCUT2D eigenvalue weighted by Crippen LogP contribution is -2.26. The largest absolute Gasteiger partial charge is 0.461 e. The second-order valence-electron chi connectivity index (χ2n) is 8.19. The van der Waals surface area contributed by atoms with Crippen molar-refractivity contribution in [3.05, 3.63) is 95.2 Å². The number of fused-ring (bicyclic) bond motifs is 4. The number of benzene rings is 3. The molecule has 0 fully saturated rings. The van der Waals surface area contributed by atoms with Gasteiger partial charge in [0.15, 0.2) is 0 Å². The lowest BCUT2D eigenvalue weighted by molar-refractivity contribution is 0.0520. The van der Waals surface area contributed by atoms with E-state index in [2.05, 4.69) is 46.4 Å². The molecule has 35 heavy (non-hydrogen) atoms. The van der Waals surface area contributed by atoms with Crippen LogP contribution in [0.3, 0.4) is 0 Å². The number of alkyl carbamates (subject to hydrolysis) is 1. The second-order valence-corrected chi connectivity index (χ2v) is 8.19. The van der Waals surface area contributed by atoms with E-state index in [-0.39, 0.29) is 25.0 Å². The van der Waals surface area contributed by atoms with E-state index in [4.69, 9.17) is 9.47 Å². The van der Waals surface area contributed by atoms with Gasteiger partial charge in [0.1, 0.15) is 12.3 Å². The minimum absolute atomic E-state index is 0.0197. The monoisotopic (exact) mass is 464 g/mol. The molecule has 0 spiro atoms. The van der Waals surface area contributed by atoms with Crippen LogP contribution in [0.5, 0.6) is 0 Å². The molecule has 0 atom stereocenters. The first-order valence-corrected chi connectivity index (χ1v) is 11.5. The van der Waals surface area contributed by atoms with Crippen LogP contribution in [-0.4, -0.2) is 36.8 Å². The Kier molecular flexibility index (Phi) is 6.23. The van der Waals surface area contributed by atoms with Crippen LogP contribution < -0.4 is 5.32 Å². The second kappa shape index (κ2) is 9.78. The quantitative estimate of drug-likeness (QED) is 0.313. The molecule has 1 aromatic heterocycles. The Morgan fingerprint density at radius 2 is 1.66 bits per heavy atom. The third-order valence-corrected chi connectivity index (χ3v) is 6.02. The highest BCUT2D eigenvalue weighted by Crippen LogP contribution is 2.44. The van der Waals surface area contributed by atoms with Gasteiger partial charge in [0, 0.05) is 22.4 Å². The topological polar surface area (TPSA) is 80.4 Å². The van der Waals surface area contributed by atoms with Gasteiger partial charge in [-0.3, -0.25) is 0 Å². The van der Waals surface area contributed by atoms with Gasteiger partial charge in [0.05, 0.1) is 13.2 Å². The van der Waals surface area contributed by atoms with Crippen molar-refractivity contribution in [1.82, 2.24) is 10.3 Å². The van der Waals surface area contributed by atoms with Crippen molar-refractivity contribution < 1.29 is 19.1 Å². The van der Waals surface area contributed by atoms with Crippen LogP contribution in [0.4, 0.5) is 4.79 Å². The van der Waals surface area contributed by atoms with Crippen molar-refractivity contribution in [2.45, 2.75) is 12.8 Å². The van der Waals surface area contributed by atoms with Crippen molar-refractivity contribution in [3.63, 3.8) is 0 Å². The van der Waals surface area contributed by atoms with Crippen LogP contribution in [0.25, 0.3) is 22.0 Å². The van der Waals surface area contributed by atoms with Crippen LogP contribution >= 0.6 is 0 Å². The van der Waals surface area contributed by atoms with Crippen LogP contribution in [0.15, 0.2) is 72.8 Å². The first-order chi connectivity index (χ1) is 17.1. The summed E-state index contributed by atoms with van der Waals surface area (Å²) in [7, 11) is 0. The number of carbonyl (C=O) groups is 2. The van der Waals surface area contributed by atoms with Gasteiger partial charge in [-0.2, -0.15) is 0 Å². The number of hydrogen-bond acceptors (Lipinski definition) is 4. The number of aromatic nitrogens is 1. The zero-order valence-electron chi connectivity index (χ0n) is 19.3. The summed E-state index contributed by atoms with van der Waals surface area (Å²) in [4.78, 5) is 27.2. The van der Waals surface area contributed by atoms with Crippen LogP contribution in [0.2, 0.25) is 0 Å². The lowest BCUT2D eigenvalue weighted by atomic mass is 9.98. The smallest absolute Gasteiger partial charge is 0.407 e. The zero-order valence-corrected chi connectivity index (χ0v) is 19.3. The molecule has 2 N–H and O–H groups in total. The highest BCUT2D eigenvalue weighted by atomic mass is 16.5. The molecule has 0 bridgehead atoms. The molecular formula is C29H24N2O4. The standard InChI is InChI=1S/C29H24N2O4/c1-2-34-28(32)27-17-20-14-13-19(16-26(20)31-27)8-7-15-30-29(33)35-18-25-23-11-5-3-9-21(23)22-10-4-6-12-24(22)25/h3-6,9-14,16-17,25,31H,2,15,18H2,1H3,(H,30,33). The molecule has 6 heteroatoms. The molecule has 1 amide bonds. The highest BCUT2D eigenvalue weighted by Gasteiger charge is 2.28. The predicted octanol–water partition coefficient (Wildman–Crippen LogP) is 5.23. The van der Waals surface area contributed by atoms with Crippen LogP contribution in [-0.2, 0) is 9.47 Å². The van der Waals surface area contributed by atoms with Gasteiger partial charge in [-0.05, 0) is 47.4 Å². The van der Waals surface area contributed by atoms with E-state index < -0.39 is 6.09 Å². The maximum absolute atomic E-state index is 12.3. The number of rotatable bonds is 5. The van der Waals surface area contributed by atoms with E-state index in [0.717, 1.165) is 16.5 Å². The molecule has 0 saturated carbocycles. The predicted molar refractivity (Wildman–Crippen MR) is 134 cm³/mol. The average molecular weight is 465 g/mol. The Bertz CT molecular complexity index is 1430. The molecule has 0 saturated heterocycles. The number of H-pyrrole nitrogens is 1. The van der Waals surface area contributed by atoms with Gasteiger partial charge in [0.2, 0.25) is 0 Å². The Hall–Kier alpha value is -4.50. The Morgan fingerprint density at radius 1 is 0.943 bits per heavy atom. The number of nitrogens with one attached hydrogen (secondary N) is 2. The number of hydrogen-bond donors (Lipinski definition) is 2. The van der Waals surface area contributed by atoms with Gasteiger partial charge < -0.3 is 19.8 Å². The van der Waals surface area contributed by atoms with Gasteiger partial charge in [-0.15, -0.1) is 0 Å². The molecule has 1 aliphatic carbocycles. The summed E-state index contributed by atoms with van der Waals surface area (Å²) in [5.41, 5.74) is 6.70. The molecule has 3 aromatic carbocycles. The fraction of sp³-hybridized carbons (Fsp3) is 0.172. The van der Waals surface area contributed by atoms with E-state index >= 15 is 0 Å². The lowest BCUT2D eigenvalue weighted by Gasteiger charge is -2.14. The first-order valence-electron chi connectivity index (χ1n) is 11.5. The van der Waals surface area contributed by atoms with Crippen LogP contribution in [0.1, 0.15) is 40.0 Å². The zero-order chi connectivity index (χ0) is 24.2. The average Bonchev–Trinajstić information content (AvgIpc) is 3.45. The maximum atomic E-state index is 12.3. The number of carbonyl (C=O) groups excluding carboxylic acids is 2. The molecule has 5 rings (SSSR count). The summed E-state index contributed by atoms with van der Waals surface area (Å²) in [6.45, 7) is 2.51. The molecule has 1 heterocycles. The van der Waals surface area contributed by atoms with Crippen molar-refractivity contribution >= 4 is 23.0 Å². The van der Waals surface area contributed by atoms with Crippen molar-refractivity contribution in [2.24, 2.45) is 0 Å². The van der Waals surface area contributed by atoms with E-state index in [1.807, 2.05) is 42.5 Å². The fourth-order valence-electron chi connectivity index (χ4n) is 4.44. The Morgan fingerprint density at radius 3 is 2.37 bits per heavy atom. The molecule has 0 unspecified atom stereocenters. The van der Waals surface area contributed by atoms with Gasteiger partial charge in [-0.1, -0.05) is 66.4 Å². The van der Waals surface area contributed by atoms with Crippen molar-refractivity contribution in [2.75, 3.05) is 19.8 Å². The van der Waals surface area contributed by atoms with E-state index in [0.29, 0.717) is 12.3 Å². The Labute approximate surface area is 203 Å². The van der Waals surface area contributed by atoms with E-state index in [1.54, 1.807) is 13.0 Å². The summed E-state index contributed by atoms with van der Waals surface area (Å²) < 4.78 is 10.6. The summed E-state index contributed by atoms with van der Waals surface area (Å²) in [5.74, 6) is 5.60. The number of amides is 1. The summed E-state index contributed by atoms with van der Waals surface area (Å²) in [6, 6.07) is 23.8. The molecule has 0 radical (unpaired) electrons. The third-order valence-electron chi connectivity index (χ3n) is 6.02. The molecule has 6 nitrogen and oxygen atoms in total. The SMILES string of the molecule is CCOC(=O)c1cc2ccc(C#CCNC(=O)OCC3c4ccccc4-c4ccccc43)cc2[nH]1. The van der Waals surface area contributed by atoms with Crippen molar-refractivity contribution in [3.8, 4) is 23.0 Å². The summed E-state index contributed by atoms with van der Waals surface area (Å²) in [5, 5.41) is 3.59. The number of aromatic amines is 1. The Balaban J connectivity index is 1.17. The molecular weight excluding hydrogens is 440 g/mol. The number of ether oxygens (including phenoxy) is 2. The van der Waals surface area contributed by atoms with E-state index in [1.165, 1.54) is 22.3 Å². The normalized spacial score (nSPS) is 11.8. The van der Waals surface area contributed by atoms with Crippen LogP contribution in [0, 0.1) is 11.8 Å². The molecule has 0 aliphatic heterocycles.